The molecule has 1 rings (SSSR count). The van der Waals surface area contributed by atoms with E-state index >= 15 is 0 Å². The third-order valence-electron chi connectivity index (χ3n) is 1.99. The van der Waals surface area contributed by atoms with Crippen molar-refractivity contribution in [2.45, 2.75) is 20.0 Å². The molecule has 0 heterocycles. The summed E-state index contributed by atoms with van der Waals surface area (Å²) in [4.78, 5) is 0. The summed E-state index contributed by atoms with van der Waals surface area (Å²) < 4.78 is 26.0. The van der Waals surface area contributed by atoms with E-state index in [1.54, 1.807) is 13.8 Å². The van der Waals surface area contributed by atoms with Crippen LogP contribution >= 0.6 is 15.9 Å². The van der Waals surface area contributed by atoms with Gasteiger partial charge in [-0.25, -0.2) is 8.78 Å². The van der Waals surface area contributed by atoms with Gasteiger partial charge in [-0.1, -0.05) is 29.8 Å². The van der Waals surface area contributed by atoms with Crippen molar-refractivity contribution in [2.75, 3.05) is 0 Å². The van der Waals surface area contributed by atoms with Crippen LogP contribution in [0.5, 0.6) is 0 Å². The lowest BCUT2D eigenvalue weighted by atomic mass is 9.99. The van der Waals surface area contributed by atoms with Gasteiger partial charge in [-0.2, -0.15) is 0 Å². The van der Waals surface area contributed by atoms with E-state index in [9.17, 15) is 13.9 Å². The zero-order chi connectivity index (χ0) is 10.9. The second kappa shape index (κ2) is 4.36. The molecule has 1 aromatic rings. The van der Waals surface area contributed by atoms with Crippen molar-refractivity contribution in [1.29, 1.82) is 0 Å². The van der Waals surface area contributed by atoms with E-state index in [4.69, 9.17) is 0 Å². The molecule has 0 aliphatic rings. The lowest BCUT2D eigenvalue weighted by molar-refractivity contribution is 0.125. The molecule has 1 unspecified atom stereocenters. The average Bonchev–Trinajstić information content (AvgIpc) is 2.10. The zero-order valence-corrected chi connectivity index (χ0v) is 9.48. The number of hydrogen-bond acceptors (Lipinski definition) is 1. The van der Waals surface area contributed by atoms with Crippen LogP contribution in [0.3, 0.4) is 0 Å². The summed E-state index contributed by atoms with van der Waals surface area (Å²) in [6.07, 6.45) is -0.792. The van der Waals surface area contributed by atoms with Gasteiger partial charge in [0, 0.05) is 4.47 Å². The van der Waals surface area contributed by atoms with Crippen LogP contribution in [-0.4, -0.2) is 5.11 Å². The molecule has 0 saturated carbocycles. The van der Waals surface area contributed by atoms with E-state index < -0.39 is 17.7 Å². The van der Waals surface area contributed by atoms with Crippen LogP contribution < -0.4 is 0 Å². The van der Waals surface area contributed by atoms with E-state index in [-0.39, 0.29) is 5.92 Å². The third-order valence-corrected chi connectivity index (χ3v) is 2.68. The number of benzene rings is 1. The first kappa shape index (κ1) is 11.6. The minimum Gasteiger partial charge on any atom is -0.388 e. The number of rotatable bonds is 2. The number of halogens is 3. The molecule has 1 nitrogen and oxygen atoms in total. The highest BCUT2D eigenvalue weighted by molar-refractivity contribution is 9.10. The highest BCUT2D eigenvalue weighted by Crippen LogP contribution is 2.30. The van der Waals surface area contributed by atoms with E-state index in [1.807, 2.05) is 0 Å². The molecule has 1 aromatic carbocycles. The molecule has 0 aliphatic heterocycles. The Hall–Kier alpha value is -0.480. The maximum Gasteiger partial charge on any atom is 0.159 e. The molecule has 0 bridgehead atoms. The van der Waals surface area contributed by atoms with Crippen LogP contribution in [0.2, 0.25) is 0 Å². The van der Waals surface area contributed by atoms with Crippen LogP contribution in [0.25, 0.3) is 0 Å². The van der Waals surface area contributed by atoms with Gasteiger partial charge in [-0.05, 0) is 23.6 Å². The summed E-state index contributed by atoms with van der Waals surface area (Å²) in [5, 5.41) is 9.67. The first-order valence-corrected chi connectivity index (χ1v) is 5.05. The minimum absolute atomic E-state index is 0.0452. The van der Waals surface area contributed by atoms with Crippen LogP contribution in [-0.2, 0) is 0 Å². The Bertz CT molecular complexity index is 339. The fraction of sp³-hybridized carbons (Fsp3) is 0.400. The Morgan fingerprint density at radius 2 is 1.71 bits per heavy atom. The van der Waals surface area contributed by atoms with Gasteiger partial charge < -0.3 is 5.11 Å². The molecule has 1 atom stereocenters. The van der Waals surface area contributed by atoms with Gasteiger partial charge in [-0.15, -0.1) is 0 Å². The Morgan fingerprint density at radius 3 is 2.21 bits per heavy atom. The molecule has 14 heavy (non-hydrogen) atoms. The monoisotopic (exact) mass is 264 g/mol. The highest BCUT2D eigenvalue weighted by Gasteiger charge is 2.17. The van der Waals surface area contributed by atoms with Crippen LogP contribution in [0.4, 0.5) is 8.78 Å². The molecule has 0 saturated heterocycles. The van der Waals surface area contributed by atoms with Crippen molar-refractivity contribution < 1.29 is 13.9 Å². The molecule has 4 heteroatoms. The summed E-state index contributed by atoms with van der Waals surface area (Å²) in [7, 11) is 0. The number of hydrogen-bond donors (Lipinski definition) is 1. The van der Waals surface area contributed by atoms with Gasteiger partial charge in [0.15, 0.2) is 11.6 Å². The first-order chi connectivity index (χ1) is 6.43. The standard InChI is InChI=1S/C10H11BrF2O/c1-5(2)10(14)6-3-8(12)9(13)4-7(6)11/h3-5,10,14H,1-2H3. The maximum atomic E-state index is 12.9. The molecule has 0 radical (unpaired) electrons. The van der Waals surface area contributed by atoms with E-state index in [1.165, 1.54) is 0 Å². The maximum absolute atomic E-state index is 12.9. The molecular weight excluding hydrogens is 254 g/mol. The smallest absolute Gasteiger partial charge is 0.159 e. The normalized spacial score (nSPS) is 13.4. The Balaban J connectivity index is 3.15. The topological polar surface area (TPSA) is 20.2 Å². The molecule has 0 aromatic heterocycles. The first-order valence-electron chi connectivity index (χ1n) is 4.26. The Morgan fingerprint density at radius 1 is 1.21 bits per heavy atom. The number of aliphatic hydroxyl groups is 1. The van der Waals surface area contributed by atoms with Crippen molar-refractivity contribution >= 4 is 15.9 Å². The van der Waals surface area contributed by atoms with Gasteiger partial charge >= 0.3 is 0 Å². The van der Waals surface area contributed by atoms with Crippen molar-refractivity contribution in [3.8, 4) is 0 Å². The van der Waals surface area contributed by atoms with Gasteiger partial charge in [-0.3, -0.25) is 0 Å². The largest absolute Gasteiger partial charge is 0.388 e. The van der Waals surface area contributed by atoms with E-state index in [0.29, 0.717) is 10.0 Å². The zero-order valence-electron chi connectivity index (χ0n) is 7.89. The molecule has 0 fully saturated rings. The average molecular weight is 265 g/mol. The molecule has 78 valence electrons. The minimum atomic E-state index is -0.942. The Labute approximate surface area is 89.9 Å². The van der Waals surface area contributed by atoms with E-state index in [2.05, 4.69) is 15.9 Å². The van der Waals surface area contributed by atoms with Crippen molar-refractivity contribution in [3.05, 3.63) is 33.8 Å². The van der Waals surface area contributed by atoms with Gasteiger partial charge in [0.1, 0.15) is 0 Å². The molecule has 0 aliphatic carbocycles. The predicted molar refractivity (Wildman–Crippen MR) is 53.9 cm³/mol. The summed E-state index contributed by atoms with van der Waals surface area (Å²) in [6.45, 7) is 3.61. The summed E-state index contributed by atoms with van der Waals surface area (Å²) in [5.41, 5.74) is 0.374. The highest BCUT2D eigenvalue weighted by atomic mass is 79.9. The molecule has 0 spiro atoms. The van der Waals surface area contributed by atoms with Crippen molar-refractivity contribution in [3.63, 3.8) is 0 Å². The Kier molecular flexibility index (Phi) is 3.61. The molecular formula is C10H11BrF2O. The van der Waals surface area contributed by atoms with E-state index in [0.717, 1.165) is 12.1 Å². The molecule has 1 N–H and O–H groups in total. The van der Waals surface area contributed by atoms with Crippen molar-refractivity contribution in [2.24, 2.45) is 5.92 Å². The van der Waals surface area contributed by atoms with Crippen LogP contribution in [0.1, 0.15) is 25.5 Å². The summed E-state index contributed by atoms with van der Waals surface area (Å²) in [6, 6.07) is 2.04. The quantitative estimate of drug-likeness (QED) is 0.812. The van der Waals surface area contributed by atoms with Gasteiger partial charge in [0.25, 0.3) is 0 Å². The lowest BCUT2D eigenvalue weighted by Crippen LogP contribution is -2.07. The van der Waals surface area contributed by atoms with Gasteiger partial charge in [0.2, 0.25) is 0 Å². The van der Waals surface area contributed by atoms with Gasteiger partial charge in [0.05, 0.1) is 6.10 Å². The second-order valence-corrected chi connectivity index (χ2v) is 4.33. The summed E-state index contributed by atoms with van der Waals surface area (Å²) in [5.74, 6) is -1.91. The molecule has 0 amide bonds. The van der Waals surface area contributed by atoms with Crippen LogP contribution in [0, 0.1) is 17.6 Å². The van der Waals surface area contributed by atoms with Crippen molar-refractivity contribution in [1.82, 2.24) is 0 Å². The SMILES string of the molecule is CC(C)C(O)c1cc(F)c(F)cc1Br. The lowest BCUT2D eigenvalue weighted by Gasteiger charge is -2.16. The predicted octanol–water partition coefficient (Wildman–Crippen LogP) is 3.42. The van der Waals surface area contributed by atoms with Crippen LogP contribution in [0.15, 0.2) is 16.6 Å². The summed E-state index contributed by atoms with van der Waals surface area (Å²) >= 11 is 3.08. The fourth-order valence-electron chi connectivity index (χ4n) is 1.12. The number of aliphatic hydroxyl groups excluding tert-OH is 1. The second-order valence-electron chi connectivity index (χ2n) is 3.48. The fourth-order valence-corrected chi connectivity index (χ4v) is 1.67. The third kappa shape index (κ3) is 2.30.